The van der Waals surface area contributed by atoms with Crippen LogP contribution in [-0.2, 0) is 10.0 Å². The number of nitrogens with one attached hydrogen (secondary N) is 1. The standard InChI is InChI=1S/C18H18N4O4S/c1-10-8-15(27(19,24)25)9-16(11(10)2)21-17(23)13-4-6-14(7-5-13)18-20-12(3)22-26-18/h4-9H,1-3H3,(H,21,23)(H2,19,24,25). The van der Waals surface area contributed by atoms with Crippen LogP contribution in [0.4, 0.5) is 5.69 Å². The molecule has 1 aromatic heterocycles. The van der Waals surface area contributed by atoms with Crippen LogP contribution < -0.4 is 10.5 Å². The summed E-state index contributed by atoms with van der Waals surface area (Å²) in [6.45, 7) is 5.26. The van der Waals surface area contributed by atoms with Crippen molar-refractivity contribution in [3.05, 3.63) is 58.9 Å². The summed E-state index contributed by atoms with van der Waals surface area (Å²) in [7, 11) is -3.87. The molecular formula is C18H18N4O4S. The van der Waals surface area contributed by atoms with Gasteiger partial charge in [-0.25, -0.2) is 13.6 Å². The second kappa shape index (κ2) is 6.93. The minimum absolute atomic E-state index is 0.0528. The number of hydrogen-bond acceptors (Lipinski definition) is 6. The third-order valence-corrected chi connectivity index (χ3v) is 5.03. The third kappa shape index (κ3) is 4.04. The number of benzene rings is 2. The van der Waals surface area contributed by atoms with E-state index in [0.717, 1.165) is 5.56 Å². The molecule has 0 unspecified atom stereocenters. The predicted octanol–water partition coefficient (Wildman–Crippen LogP) is 2.56. The van der Waals surface area contributed by atoms with Crippen LogP contribution in [-0.4, -0.2) is 24.5 Å². The van der Waals surface area contributed by atoms with Crippen LogP contribution in [0.2, 0.25) is 0 Å². The van der Waals surface area contributed by atoms with Crippen LogP contribution in [0.3, 0.4) is 0 Å². The number of aryl methyl sites for hydroxylation is 2. The van der Waals surface area contributed by atoms with E-state index >= 15 is 0 Å². The molecule has 1 amide bonds. The van der Waals surface area contributed by atoms with Gasteiger partial charge < -0.3 is 9.84 Å². The fraction of sp³-hybridized carbons (Fsp3) is 0.167. The van der Waals surface area contributed by atoms with Crippen LogP contribution in [0.5, 0.6) is 0 Å². The van der Waals surface area contributed by atoms with Gasteiger partial charge in [-0.15, -0.1) is 0 Å². The van der Waals surface area contributed by atoms with Gasteiger partial charge >= 0.3 is 0 Å². The van der Waals surface area contributed by atoms with E-state index in [1.54, 1.807) is 45.0 Å². The molecule has 2 aromatic carbocycles. The van der Waals surface area contributed by atoms with Crippen LogP contribution in [0.25, 0.3) is 11.5 Å². The number of carbonyl (C=O) groups excluding carboxylic acids is 1. The van der Waals surface area contributed by atoms with Crippen molar-refractivity contribution in [2.45, 2.75) is 25.7 Å². The molecule has 27 heavy (non-hydrogen) atoms. The maximum Gasteiger partial charge on any atom is 0.257 e. The van der Waals surface area contributed by atoms with E-state index < -0.39 is 10.0 Å². The maximum atomic E-state index is 12.5. The lowest BCUT2D eigenvalue weighted by Crippen LogP contribution is -2.16. The van der Waals surface area contributed by atoms with E-state index in [1.165, 1.54) is 12.1 Å². The molecule has 0 saturated carbocycles. The van der Waals surface area contributed by atoms with Crippen molar-refractivity contribution in [3.63, 3.8) is 0 Å². The summed E-state index contributed by atoms with van der Waals surface area (Å²) < 4.78 is 28.3. The number of sulfonamides is 1. The number of hydrogen-bond donors (Lipinski definition) is 2. The van der Waals surface area contributed by atoms with Crippen molar-refractivity contribution in [1.82, 2.24) is 10.1 Å². The molecule has 0 atom stereocenters. The molecule has 1 heterocycles. The van der Waals surface area contributed by atoms with Crippen molar-refractivity contribution >= 4 is 21.6 Å². The highest BCUT2D eigenvalue weighted by Gasteiger charge is 2.15. The molecule has 0 bridgehead atoms. The molecule has 0 spiro atoms. The van der Waals surface area contributed by atoms with Gasteiger partial charge in [-0.05, 0) is 68.3 Å². The molecule has 3 rings (SSSR count). The van der Waals surface area contributed by atoms with Gasteiger partial charge in [0.15, 0.2) is 5.82 Å². The number of carbonyl (C=O) groups is 1. The topological polar surface area (TPSA) is 128 Å². The summed E-state index contributed by atoms with van der Waals surface area (Å²) >= 11 is 0. The number of nitrogens with zero attached hydrogens (tertiary/aromatic N) is 2. The zero-order chi connectivity index (χ0) is 19.8. The lowest BCUT2D eigenvalue weighted by molar-refractivity contribution is 0.102. The smallest absolute Gasteiger partial charge is 0.257 e. The molecule has 0 radical (unpaired) electrons. The molecule has 3 aromatic rings. The first-order valence-electron chi connectivity index (χ1n) is 8.01. The number of aromatic nitrogens is 2. The lowest BCUT2D eigenvalue weighted by atomic mass is 10.1. The average Bonchev–Trinajstić information content (AvgIpc) is 3.04. The molecular weight excluding hydrogens is 368 g/mol. The first kappa shape index (κ1) is 18.7. The number of nitrogens with two attached hydrogens (primary N) is 1. The van der Waals surface area contributed by atoms with Gasteiger partial charge in [-0.2, -0.15) is 4.98 Å². The fourth-order valence-corrected chi connectivity index (χ4v) is 3.12. The average molecular weight is 386 g/mol. The first-order chi connectivity index (χ1) is 12.6. The molecule has 8 nitrogen and oxygen atoms in total. The highest BCUT2D eigenvalue weighted by molar-refractivity contribution is 7.89. The van der Waals surface area contributed by atoms with Crippen molar-refractivity contribution in [3.8, 4) is 11.5 Å². The van der Waals surface area contributed by atoms with Crippen LogP contribution in [0.15, 0.2) is 45.8 Å². The Morgan fingerprint density at radius 3 is 2.33 bits per heavy atom. The summed E-state index contributed by atoms with van der Waals surface area (Å²) in [5.74, 6) is 0.511. The summed E-state index contributed by atoms with van der Waals surface area (Å²) in [5, 5.41) is 11.7. The Bertz CT molecular complexity index is 1120. The maximum absolute atomic E-state index is 12.5. The van der Waals surface area contributed by atoms with Crippen molar-refractivity contribution < 1.29 is 17.7 Å². The highest BCUT2D eigenvalue weighted by atomic mass is 32.2. The van der Waals surface area contributed by atoms with Gasteiger partial charge in [0.1, 0.15) is 0 Å². The Morgan fingerprint density at radius 2 is 1.78 bits per heavy atom. The van der Waals surface area contributed by atoms with Gasteiger partial charge in [0.2, 0.25) is 10.0 Å². The quantitative estimate of drug-likeness (QED) is 0.709. The fourth-order valence-electron chi connectivity index (χ4n) is 2.49. The number of primary sulfonamides is 1. The lowest BCUT2D eigenvalue weighted by Gasteiger charge is -2.13. The van der Waals surface area contributed by atoms with E-state index in [2.05, 4.69) is 15.5 Å². The van der Waals surface area contributed by atoms with Gasteiger partial charge in [-0.1, -0.05) is 5.16 Å². The Morgan fingerprint density at radius 1 is 1.11 bits per heavy atom. The summed E-state index contributed by atoms with van der Waals surface area (Å²) in [6, 6.07) is 9.46. The number of rotatable bonds is 4. The van der Waals surface area contributed by atoms with E-state index in [1.807, 2.05) is 0 Å². The molecule has 140 valence electrons. The second-order valence-corrected chi connectivity index (χ2v) is 7.70. The summed E-state index contributed by atoms with van der Waals surface area (Å²) in [5.41, 5.74) is 2.94. The Kier molecular flexibility index (Phi) is 4.81. The van der Waals surface area contributed by atoms with Gasteiger partial charge in [0, 0.05) is 16.8 Å². The zero-order valence-electron chi connectivity index (χ0n) is 15.0. The normalized spacial score (nSPS) is 11.4. The minimum Gasteiger partial charge on any atom is -0.334 e. The summed E-state index contributed by atoms with van der Waals surface area (Å²) in [4.78, 5) is 16.6. The van der Waals surface area contributed by atoms with Gasteiger partial charge in [0.25, 0.3) is 11.8 Å². The molecule has 0 fully saturated rings. The van der Waals surface area contributed by atoms with E-state index in [0.29, 0.717) is 34.1 Å². The van der Waals surface area contributed by atoms with E-state index in [9.17, 15) is 13.2 Å². The monoisotopic (exact) mass is 386 g/mol. The molecule has 0 aliphatic carbocycles. The van der Waals surface area contributed by atoms with Crippen molar-refractivity contribution in [1.29, 1.82) is 0 Å². The first-order valence-corrected chi connectivity index (χ1v) is 9.56. The third-order valence-electron chi connectivity index (χ3n) is 4.14. The molecule has 3 N–H and O–H groups in total. The zero-order valence-corrected chi connectivity index (χ0v) is 15.8. The Balaban J connectivity index is 1.86. The predicted molar refractivity (Wildman–Crippen MR) is 99.7 cm³/mol. The highest BCUT2D eigenvalue weighted by Crippen LogP contribution is 2.24. The SMILES string of the molecule is Cc1noc(-c2ccc(C(=O)Nc3cc(S(N)(=O)=O)cc(C)c3C)cc2)n1. The van der Waals surface area contributed by atoms with Crippen molar-refractivity contribution in [2.24, 2.45) is 5.14 Å². The molecule has 0 saturated heterocycles. The van der Waals surface area contributed by atoms with E-state index in [4.69, 9.17) is 9.66 Å². The van der Waals surface area contributed by atoms with E-state index in [-0.39, 0.29) is 10.8 Å². The molecule has 9 heteroatoms. The minimum atomic E-state index is -3.87. The summed E-state index contributed by atoms with van der Waals surface area (Å²) in [6.07, 6.45) is 0. The Labute approximate surface area is 156 Å². The molecule has 0 aliphatic heterocycles. The van der Waals surface area contributed by atoms with Gasteiger partial charge in [-0.3, -0.25) is 4.79 Å². The van der Waals surface area contributed by atoms with Crippen LogP contribution in [0.1, 0.15) is 27.3 Å². The van der Waals surface area contributed by atoms with Crippen LogP contribution in [0, 0.1) is 20.8 Å². The second-order valence-electron chi connectivity index (χ2n) is 6.14. The number of amides is 1. The van der Waals surface area contributed by atoms with Crippen molar-refractivity contribution in [2.75, 3.05) is 5.32 Å². The van der Waals surface area contributed by atoms with Crippen LogP contribution >= 0.6 is 0 Å². The Hall–Kier alpha value is -3.04. The van der Waals surface area contributed by atoms with Gasteiger partial charge in [0.05, 0.1) is 4.90 Å². The largest absolute Gasteiger partial charge is 0.334 e. The molecule has 0 aliphatic rings. The number of anilines is 1.